The van der Waals surface area contributed by atoms with Gasteiger partial charge in [0.25, 0.3) is 0 Å². The zero-order valence-electron chi connectivity index (χ0n) is 12.3. The van der Waals surface area contributed by atoms with Crippen LogP contribution in [0.15, 0.2) is 29.3 Å². The second kappa shape index (κ2) is 6.67. The first kappa shape index (κ1) is 15.4. The molecule has 0 saturated carbocycles. The summed E-state index contributed by atoms with van der Waals surface area (Å²) in [5.74, 6) is 0.356. The van der Waals surface area contributed by atoms with Crippen molar-refractivity contribution in [2.24, 2.45) is 4.99 Å². The van der Waals surface area contributed by atoms with E-state index in [1.807, 2.05) is 38.1 Å². The fourth-order valence-corrected chi connectivity index (χ4v) is 2.51. The number of hydrogen-bond acceptors (Lipinski definition) is 5. The second-order valence-electron chi connectivity index (χ2n) is 4.64. The Labute approximate surface area is 129 Å². The second-order valence-corrected chi connectivity index (χ2v) is 5.08. The molecule has 0 spiro atoms. The molecule has 0 amide bonds. The van der Waals surface area contributed by atoms with Gasteiger partial charge in [-0.1, -0.05) is 24.4 Å². The quantitative estimate of drug-likeness (QED) is 0.681. The summed E-state index contributed by atoms with van der Waals surface area (Å²) in [4.78, 5) is 16.8. The van der Waals surface area contributed by atoms with Gasteiger partial charge in [0.15, 0.2) is 0 Å². The first-order valence-corrected chi connectivity index (χ1v) is 7.16. The molecule has 6 heteroatoms. The van der Waals surface area contributed by atoms with E-state index in [0.717, 1.165) is 11.3 Å². The number of nitrogens with zero attached hydrogens (tertiary/aromatic N) is 1. The summed E-state index contributed by atoms with van der Waals surface area (Å²) in [6.07, 6.45) is 0. The van der Waals surface area contributed by atoms with Crippen molar-refractivity contribution < 1.29 is 14.3 Å². The van der Waals surface area contributed by atoms with Crippen LogP contribution in [0.4, 0.5) is 0 Å². The number of ether oxygens (including phenoxy) is 2. The fourth-order valence-electron chi connectivity index (χ4n) is 2.14. The van der Waals surface area contributed by atoms with Crippen molar-refractivity contribution in [3.05, 3.63) is 29.8 Å². The van der Waals surface area contributed by atoms with Crippen molar-refractivity contribution in [1.29, 1.82) is 0 Å². The molecule has 5 nitrogen and oxygen atoms in total. The molecule has 1 aromatic rings. The number of methoxy groups -OCH3 is 1. The van der Waals surface area contributed by atoms with E-state index in [4.69, 9.17) is 21.7 Å². The molecule has 112 valence electrons. The molecular formula is C15H18N2O3S. The molecule has 1 aliphatic rings. The summed E-state index contributed by atoms with van der Waals surface area (Å²) in [6, 6.07) is 6.92. The van der Waals surface area contributed by atoms with Crippen molar-refractivity contribution in [2.75, 3.05) is 13.7 Å². The van der Waals surface area contributed by atoms with Gasteiger partial charge in [-0.2, -0.15) is 0 Å². The molecule has 0 radical (unpaired) electrons. The average Bonchev–Trinajstić information content (AvgIpc) is 2.48. The molecule has 2 atom stereocenters. The standard InChI is InChI=1S/C15H18N2O3S/c1-4-20-11-7-5-10(6-8-11)13-14(21)16-9(2)12(17-13)15(18)19-3/h5-9,13H,4H2,1-3H3,(H,16,21). The number of rotatable bonds is 4. The van der Waals surface area contributed by atoms with Crippen LogP contribution in [0.1, 0.15) is 25.5 Å². The minimum atomic E-state index is -0.437. The molecule has 0 fully saturated rings. The van der Waals surface area contributed by atoms with Gasteiger partial charge in [0.2, 0.25) is 0 Å². The predicted octanol–water partition coefficient (Wildman–Crippen LogP) is 2.06. The number of nitrogens with one attached hydrogen (secondary N) is 1. The third-order valence-corrected chi connectivity index (χ3v) is 3.53. The Balaban J connectivity index is 2.30. The lowest BCUT2D eigenvalue weighted by molar-refractivity contribution is -0.132. The Morgan fingerprint density at radius 3 is 2.62 bits per heavy atom. The van der Waals surface area contributed by atoms with Crippen molar-refractivity contribution in [1.82, 2.24) is 5.32 Å². The maximum atomic E-state index is 11.7. The van der Waals surface area contributed by atoms with Crippen molar-refractivity contribution in [3.63, 3.8) is 0 Å². The third kappa shape index (κ3) is 3.39. The van der Waals surface area contributed by atoms with E-state index in [-0.39, 0.29) is 12.1 Å². The van der Waals surface area contributed by atoms with Crippen LogP contribution in [0.3, 0.4) is 0 Å². The van der Waals surface area contributed by atoms with Gasteiger partial charge in [-0.05, 0) is 31.5 Å². The molecular weight excluding hydrogens is 288 g/mol. The molecule has 2 unspecified atom stereocenters. The summed E-state index contributed by atoms with van der Waals surface area (Å²) >= 11 is 5.34. The van der Waals surface area contributed by atoms with Crippen LogP contribution in [0, 0.1) is 0 Å². The molecule has 1 aliphatic heterocycles. The van der Waals surface area contributed by atoms with Gasteiger partial charge < -0.3 is 14.8 Å². The molecule has 1 N–H and O–H groups in total. The first-order chi connectivity index (χ1) is 10.1. The van der Waals surface area contributed by atoms with E-state index < -0.39 is 5.97 Å². The Kier molecular flexibility index (Phi) is 4.90. The van der Waals surface area contributed by atoms with Crippen LogP contribution >= 0.6 is 12.2 Å². The molecule has 1 heterocycles. The Morgan fingerprint density at radius 2 is 2.05 bits per heavy atom. The minimum Gasteiger partial charge on any atom is -0.494 e. The number of thiocarbonyl (C=S) groups is 1. The van der Waals surface area contributed by atoms with Gasteiger partial charge in [-0.25, -0.2) is 4.79 Å². The largest absolute Gasteiger partial charge is 0.494 e. The van der Waals surface area contributed by atoms with E-state index >= 15 is 0 Å². The zero-order valence-corrected chi connectivity index (χ0v) is 13.1. The number of carbonyl (C=O) groups is 1. The van der Waals surface area contributed by atoms with Gasteiger partial charge in [0.05, 0.1) is 19.8 Å². The minimum absolute atomic E-state index is 0.246. The highest BCUT2D eigenvalue weighted by Gasteiger charge is 2.30. The molecule has 0 aliphatic carbocycles. The maximum Gasteiger partial charge on any atom is 0.354 e. The number of esters is 1. The molecule has 2 rings (SSSR count). The first-order valence-electron chi connectivity index (χ1n) is 6.76. The van der Waals surface area contributed by atoms with Crippen LogP contribution in [-0.2, 0) is 9.53 Å². The molecule has 1 aromatic carbocycles. The van der Waals surface area contributed by atoms with Crippen molar-refractivity contribution >= 4 is 28.9 Å². The zero-order chi connectivity index (χ0) is 15.4. The lowest BCUT2D eigenvalue weighted by Gasteiger charge is -2.27. The molecule has 0 saturated heterocycles. The highest BCUT2D eigenvalue weighted by atomic mass is 32.1. The lowest BCUT2D eigenvalue weighted by atomic mass is 10.0. The Morgan fingerprint density at radius 1 is 1.38 bits per heavy atom. The topological polar surface area (TPSA) is 59.9 Å². The smallest absolute Gasteiger partial charge is 0.354 e. The van der Waals surface area contributed by atoms with E-state index in [0.29, 0.717) is 17.3 Å². The fraction of sp³-hybridized carbons (Fsp3) is 0.400. The summed E-state index contributed by atoms with van der Waals surface area (Å²) in [5, 5.41) is 3.10. The summed E-state index contributed by atoms with van der Waals surface area (Å²) in [5.41, 5.74) is 1.26. The van der Waals surface area contributed by atoms with Gasteiger partial charge in [0.1, 0.15) is 22.5 Å². The predicted molar refractivity (Wildman–Crippen MR) is 85.0 cm³/mol. The maximum absolute atomic E-state index is 11.7. The van der Waals surface area contributed by atoms with Gasteiger partial charge in [0, 0.05) is 0 Å². The highest BCUT2D eigenvalue weighted by Crippen LogP contribution is 2.25. The SMILES string of the molecule is CCOc1ccc(C2N=C(C(=O)OC)C(C)NC2=S)cc1. The van der Waals surface area contributed by atoms with E-state index in [1.54, 1.807) is 0 Å². The molecule has 21 heavy (non-hydrogen) atoms. The highest BCUT2D eigenvalue weighted by molar-refractivity contribution is 7.80. The van der Waals surface area contributed by atoms with Gasteiger partial charge >= 0.3 is 5.97 Å². The monoisotopic (exact) mass is 306 g/mol. The van der Waals surface area contributed by atoms with E-state index in [2.05, 4.69) is 10.3 Å². The summed E-state index contributed by atoms with van der Waals surface area (Å²) in [6.45, 7) is 4.38. The number of aliphatic imine (C=N–C) groups is 1. The third-order valence-electron chi connectivity index (χ3n) is 3.19. The van der Waals surface area contributed by atoms with Gasteiger partial charge in [-0.3, -0.25) is 4.99 Å². The van der Waals surface area contributed by atoms with Crippen LogP contribution in [-0.4, -0.2) is 36.4 Å². The van der Waals surface area contributed by atoms with Crippen LogP contribution < -0.4 is 10.1 Å². The number of carbonyl (C=O) groups excluding carboxylic acids is 1. The number of benzene rings is 1. The normalized spacial score (nSPS) is 21.3. The Hall–Kier alpha value is -1.95. The molecule has 0 aromatic heterocycles. The van der Waals surface area contributed by atoms with Gasteiger partial charge in [-0.15, -0.1) is 0 Å². The van der Waals surface area contributed by atoms with Crippen molar-refractivity contribution in [2.45, 2.75) is 25.9 Å². The van der Waals surface area contributed by atoms with Crippen LogP contribution in [0.5, 0.6) is 5.75 Å². The lowest BCUT2D eigenvalue weighted by Crippen LogP contribution is -2.47. The van der Waals surface area contributed by atoms with Crippen LogP contribution in [0.2, 0.25) is 0 Å². The van der Waals surface area contributed by atoms with E-state index in [9.17, 15) is 4.79 Å². The number of hydrogen-bond donors (Lipinski definition) is 1. The van der Waals surface area contributed by atoms with Crippen molar-refractivity contribution in [3.8, 4) is 5.75 Å². The Bertz CT molecular complexity index is 569. The summed E-state index contributed by atoms with van der Waals surface area (Å²) in [7, 11) is 1.34. The van der Waals surface area contributed by atoms with Crippen LogP contribution in [0.25, 0.3) is 0 Å². The average molecular weight is 306 g/mol. The van der Waals surface area contributed by atoms with E-state index in [1.165, 1.54) is 7.11 Å². The summed E-state index contributed by atoms with van der Waals surface area (Å²) < 4.78 is 10.2. The molecule has 0 bridgehead atoms.